The van der Waals surface area contributed by atoms with Gasteiger partial charge in [0, 0.05) is 28.3 Å². The molecule has 1 N–H and O–H groups in total. The van der Waals surface area contributed by atoms with Crippen LogP contribution in [0.1, 0.15) is 27.6 Å². The fourth-order valence-corrected chi connectivity index (χ4v) is 2.54. The highest BCUT2D eigenvalue weighted by Gasteiger charge is 2.17. The molecule has 0 radical (unpaired) electrons. The standard InChI is InChI=1S/C9H11NOS/c11-5-7-3-9(12-6-7)8-1-2-10-4-8/h3,5-6,8,10H,1-2,4H2. The van der Waals surface area contributed by atoms with Gasteiger partial charge < -0.3 is 5.32 Å². The van der Waals surface area contributed by atoms with Crippen LogP contribution in [0.3, 0.4) is 0 Å². The number of hydrogen-bond acceptors (Lipinski definition) is 3. The van der Waals surface area contributed by atoms with Crippen molar-refractivity contribution in [3.05, 3.63) is 21.9 Å². The SMILES string of the molecule is O=Cc1csc(C2CCNC2)c1. The highest BCUT2D eigenvalue weighted by Crippen LogP contribution is 2.27. The largest absolute Gasteiger partial charge is 0.316 e. The van der Waals surface area contributed by atoms with E-state index in [0.717, 1.165) is 24.9 Å². The molecule has 0 bridgehead atoms. The van der Waals surface area contributed by atoms with E-state index < -0.39 is 0 Å². The number of carbonyl (C=O) groups excluding carboxylic acids is 1. The van der Waals surface area contributed by atoms with Crippen LogP contribution in [-0.4, -0.2) is 19.4 Å². The minimum atomic E-state index is 0.642. The van der Waals surface area contributed by atoms with Crippen molar-refractivity contribution in [1.29, 1.82) is 0 Å². The van der Waals surface area contributed by atoms with Crippen molar-refractivity contribution in [2.45, 2.75) is 12.3 Å². The number of thiophene rings is 1. The van der Waals surface area contributed by atoms with Gasteiger partial charge in [0.05, 0.1) is 0 Å². The zero-order valence-electron chi connectivity index (χ0n) is 6.75. The van der Waals surface area contributed by atoms with Crippen LogP contribution in [0.2, 0.25) is 0 Å². The van der Waals surface area contributed by atoms with E-state index in [1.54, 1.807) is 11.3 Å². The maximum Gasteiger partial charge on any atom is 0.150 e. The molecular weight excluding hydrogens is 170 g/mol. The summed E-state index contributed by atoms with van der Waals surface area (Å²) in [6, 6.07) is 2.01. The molecule has 2 nitrogen and oxygen atoms in total. The Morgan fingerprint density at radius 2 is 2.58 bits per heavy atom. The maximum atomic E-state index is 10.4. The summed E-state index contributed by atoms with van der Waals surface area (Å²) in [4.78, 5) is 11.8. The molecule has 0 amide bonds. The molecule has 0 aliphatic carbocycles. The second-order valence-corrected chi connectivity index (χ2v) is 4.03. The molecule has 1 aliphatic rings. The Bertz CT molecular complexity index is 276. The molecule has 2 heterocycles. The lowest BCUT2D eigenvalue weighted by molar-refractivity contribution is 0.112. The van der Waals surface area contributed by atoms with E-state index in [4.69, 9.17) is 0 Å². The van der Waals surface area contributed by atoms with Gasteiger partial charge in [-0.05, 0) is 19.0 Å². The molecule has 12 heavy (non-hydrogen) atoms. The number of hydrogen-bond donors (Lipinski definition) is 1. The predicted molar refractivity (Wildman–Crippen MR) is 49.9 cm³/mol. The highest BCUT2D eigenvalue weighted by atomic mass is 32.1. The van der Waals surface area contributed by atoms with Crippen LogP contribution in [-0.2, 0) is 0 Å². The first-order chi connectivity index (χ1) is 5.90. The van der Waals surface area contributed by atoms with Gasteiger partial charge in [-0.2, -0.15) is 0 Å². The lowest BCUT2D eigenvalue weighted by atomic mass is 10.1. The van der Waals surface area contributed by atoms with Crippen molar-refractivity contribution in [3.63, 3.8) is 0 Å². The van der Waals surface area contributed by atoms with E-state index in [-0.39, 0.29) is 0 Å². The summed E-state index contributed by atoms with van der Waals surface area (Å²) in [5, 5.41) is 5.25. The Morgan fingerprint density at radius 1 is 1.67 bits per heavy atom. The molecular formula is C9H11NOS. The van der Waals surface area contributed by atoms with E-state index in [1.807, 2.05) is 11.4 Å². The lowest BCUT2D eigenvalue weighted by Crippen LogP contribution is -2.07. The highest BCUT2D eigenvalue weighted by molar-refractivity contribution is 7.10. The third kappa shape index (κ3) is 1.42. The maximum absolute atomic E-state index is 10.4. The zero-order valence-corrected chi connectivity index (χ0v) is 7.56. The average molecular weight is 181 g/mol. The summed E-state index contributed by atoms with van der Waals surface area (Å²) in [6.07, 6.45) is 2.13. The quantitative estimate of drug-likeness (QED) is 0.703. The molecule has 1 saturated heterocycles. The molecule has 0 aromatic carbocycles. The van der Waals surface area contributed by atoms with Crippen molar-refractivity contribution in [1.82, 2.24) is 5.32 Å². The molecule has 3 heteroatoms. The molecule has 0 saturated carbocycles. The second kappa shape index (κ2) is 3.37. The smallest absolute Gasteiger partial charge is 0.150 e. The Hall–Kier alpha value is -0.670. The van der Waals surface area contributed by atoms with E-state index in [2.05, 4.69) is 5.32 Å². The van der Waals surface area contributed by atoms with Gasteiger partial charge in [0.2, 0.25) is 0 Å². The minimum Gasteiger partial charge on any atom is -0.316 e. The lowest BCUT2D eigenvalue weighted by Gasteiger charge is -2.02. The predicted octanol–water partition coefficient (Wildman–Crippen LogP) is 1.64. The van der Waals surface area contributed by atoms with Crippen molar-refractivity contribution < 1.29 is 4.79 Å². The van der Waals surface area contributed by atoms with Crippen LogP contribution in [0.5, 0.6) is 0 Å². The van der Waals surface area contributed by atoms with Crippen LogP contribution in [0, 0.1) is 0 Å². The number of carbonyl (C=O) groups is 1. The fourth-order valence-electron chi connectivity index (χ4n) is 1.54. The van der Waals surface area contributed by atoms with E-state index in [1.165, 1.54) is 11.3 Å². The fraction of sp³-hybridized carbons (Fsp3) is 0.444. The topological polar surface area (TPSA) is 29.1 Å². The Labute approximate surface area is 75.6 Å². The molecule has 1 atom stereocenters. The van der Waals surface area contributed by atoms with Gasteiger partial charge in [0.1, 0.15) is 0 Å². The van der Waals surface area contributed by atoms with E-state index >= 15 is 0 Å². The summed E-state index contributed by atoms with van der Waals surface area (Å²) in [6.45, 7) is 2.18. The van der Waals surface area contributed by atoms with Crippen molar-refractivity contribution >= 4 is 17.6 Å². The van der Waals surface area contributed by atoms with Gasteiger partial charge >= 0.3 is 0 Å². The van der Waals surface area contributed by atoms with Crippen LogP contribution in [0.4, 0.5) is 0 Å². The van der Waals surface area contributed by atoms with Crippen molar-refractivity contribution in [2.24, 2.45) is 0 Å². The van der Waals surface area contributed by atoms with Gasteiger partial charge in [-0.15, -0.1) is 11.3 Å². The first-order valence-corrected chi connectivity index (χ1v) is 5.02. The van der Waals surface area contributed by atoms with E-state index in [0.29, 0.717) is 5.92 Å². The molecule has 64 valence electrons. The van der Waals surface area contributed by atoms with Gasteiger partial charge in [-0.1, -0.05) is 0 Å². The number of aldehydes is 1. The monoisotopic (exact) mass is 181 g/mol. The third-order valence-corrected chi connectivity index (χ3v) is 3.35. The number of rotatable bonds is 2. The third-order valence-electron chi connectivity index (χ3n) is 2.24. The second-order valence-electron chi connectivity index (χ2n) is 3.09. The minimum absolute atomic E-state index is 0.642. The summed E-state index contributed by atoms with van der Waals surface area (Å²) in [5.74, 6) is 0.642. The first-order valence-electron chi connectivity index (χ1n) is 4.14. The van der Waals surface area contributed by atoms with Crippen LogP contribution in [0.25, 0.3) is 0 Å². The molecule has 0 spiro atoms. The Balaban J connectivity index is 2.16. The van der Waals surface area contributed by atoms with Gasteiger partial charge in [-0.3, -0.25) is 4.79 Å². The molecule has 1 fully saturated rings. The zero-order chi connectivity index (χ0) is 8.39. The summed E-state index contributed by atoms with van der Waals surface area (Å²) in [7, 11) is 0. The van der Waals surface area contributed by atoms with Crippen molar-refractivity contribution in [2.75, 3.05) is 13.1 Å². The normalized spacial score (nSPS) is 22.8. The molecule has 1 aliphatic heterocycles. The molecule has 1 aromatic rings. The average Bonchev–Trinajstić information content (AvgIpc) is 2.75. The summed E-state index contributed by atoms with van der Waals surface area (Å²) < 4.78 is 0. The molecule has 1 unspecified atom stereocenters. The Kier molecular flexibility index (Phi) is 2.23. The molecule has 1 aromatic heterocycles. The van der Waals surface area contributed by atoms with Crippen LogP contribution in [0.15, 0.2) is 11.4 Å². The number of nitrogens with one attached hydrogen (secondary N) is 1. The Morgan fingerprint density at radius 3 is 3.17 bits per heavy atom. The summed E-state index contributed by atoms with van der Waals surface area (Å²) in [5.41, 5.74) is 0.821. The van der Waals surface area contributed by atoms with Gasteiger partial charge in [0.25, 0.3) is 0 Å². The van der Waals surface area contributed by atoms with Gasteiger partial charge in [0.15, 0.2) is 6.29 Å². The van der Waals surface area contributed by atoms with Crippen LogP contribution < -0.4 is 5.32 Å². The first kappa shape index (κ1) is 7.95. The van der Waals surface area contributed by atoms with Gasteiger partial charge in [-0.25, -0.2) is 0 Å². The molecule has 2 rings (SSSR count). The van der Waals surface area contributed by atoms with E-state index in [9.17, 15) is 4.79 Å². The van der Waals surface area contributed by atoms with Crippen molar-refractivity contribution in [3.8, 4) is 0 Å². The van der Waals surface area contributed by atoms with Crippen LogP contribution >= 0.6 is 11.3 Å². The summed E-state index contributed by atoms with van der Waals surface area (Å²) >= 11 is 1.70.